The van der Waals surface area contributed by atoms with Crippen molar-refractivity contribution in [2.24, 2.45) is 0 Å². The van der Waals surface area contributed by atoms with Gasteiger partial charge in [-0.1, -0.05) is 0 Å². The molecule has 2 aromatic rings. The summed E-state index contributed by atoms with van der Waals surface area (Å²) in [6, 6.07) is 12.9. The van der Waals surface area contributed by atoms with Crippen molar-refractivity contribution in [2.75, 3.05) is 39.7 Å². The van der Waals surface area contributed by atoms with Gasteiger partial charge in [0.05, 0.1) is 26.3 Å². The van der Waals surface area contributed by atoms with Crippen LogP contribution in [0.2, 0.25) is 0 Å². The third-order valence-corrected chi connectivity index (χ3v) is 5.34. The fourth-order valence-electron chi connectivity index (χ4n) is 3.87. The van der Waals surface area contributed by atoms with Crippen LogP contribution in [0.15, 0.2) is 42.5 Å². The standard InChI is InChI=1S/C22H27N3O4/c1-23-22(27)15-6-8-16(9-7-15)24-21(26)14-25-12-4-5-19(25)18-13-17(28-2)10-11-20(18)29-3/h6-11,13,19H,4-5,12,14H2,1-3H3,(H,23,27)(H,24,26)/p+1/t19-/m1/s1. The first kappa shape index (κ1) is 20.7. The van der Waals surface area contributed by atoms with E-state index in [1.807, 2.05) is 18.2 Å². The SMILES string of the molecule is CNC(=O)c1ccc(NC(=O)C[NH+]2CCC[C@@H]2c2cc(OC)ccc2OC)cc1. The summed E-state index contributed by atoms with van der Waals surface area (Å²) >= 11 is 0. The third-order valence-electron chi connectivity index (χ3n) is 5.34. The van der Waals surface area contributed by atoms with Crippen LogP contribution < -0.4 is 25.0 Å². The van der Waals surface area contributed by atoms with Crippen molar-refractivity contribution in [3.63, 3.8) is 0 Å². The predicted molar refractivity (Wildman–Crippen MR) is 111 cm³/mol. The van der Waals surface area contributed by atoms with E-state index < -0.39 is 0 Å². The molecule has 0 aliphatic carbocycles. The molecule has 1 aliphatic heterocycles. The smallest absolute Gasteiger partial charge is 0.279 e. The van der Waals surface area contributed by atoms with E-state index in [2.05, 4.69) is 10.6 Å². The topological polar surface area (TPSA) is 81.1 Å². The van der Waals surface area contributed by atoms with Crippen LogP contribution in [0.1, 0.15) is 34.8 Å². The Morgan fingerprint density at radius 2 is 1.86 bits per heavy atom. The Morgan fingerprint density at radius 1 is 1.10 bits per heavy atom. The summed E-state index contributed by atoms with van der Waals surface area (Å²) in [5.41, 5.74) is 2.31. The van der Waals surface area contributed by atoms with E-state index in [1.54, 1.807) is 45.5 Å². The molecule has 2 aromatic carbocycles. The highest BCUT2D eigenvalue weighted by atomic mass is 16.5. The van der Waals surface area contributed by atoms with Crippen LogP contribution in [0.4, 0.5) is 5.69 Å². The van der Waals surface area contributed by atoms with Gasteiger partial charge in [0.15, 0.2) is 6.54 Å². The number of quaternary nitrogens is 1. The maximum atomic E-state index is 12.6. The van der Waals surface area contributed by atoms with E-state index in [0.717, 1.165) is 36.4 Å². The van der Waals surface area contributed by atoms with Gasteiger partial charge in [0.2, 0.25) is 0 Å². The van der Waals surface area contributed by atoms with Crippen LogP contribution in [-0.4, -0.2) is 46.2 Å². The summed E-state index contributed by atoms with van der Waals surface area (Å²) < 4.78 is 10.9. The maximum Gasteiger partial charge on any atom is 0.279 e. The molecule has 3 N–H and O–H groups in total. The molecule has 0 radical (unpaired) electrons. The average molecular weight is 398 g/mol. The normalized spacial score (nSPS) is 18.2. The Hall–Kier alpha value is -3.06. The van der Waals surface area contributed by atoms with Crippen molar-refractivity contribution in [3.8, 4) is 11.5 Å². The number of carbonyl (C=O) groups excluding carboxylic acids is 2. The van der Waals surface area contributed by atoms with Gasteiger partial charge in [-0.2, -0.15) is 0 Å². The number of anilines is 1. The summed E-state index contributed by atoms with van der Waals surface area (Å²) in [5, 5.41) is 5.51. The lowest BCUT2D eigenvalue weighted by molar-refractivity contribution is -0.910. The van der Waals surface area contributed by atoms with Gasteiger partial charge in [0.1, 0.15) is 17.5 Å². The van der Waals surface area contributed by atoms with Gasteiger partial charge in [-0.15, -0.1) is 0 Å². The molecule has 0 bridgehead atoms. The highest BCUT2D eigenvalue weighted by Gasteiger charge is 2.34. The molecular weight excluding hydrogens is 370 g/mol. The minimum absolute atomic E-state index is 0.0542. The Labute approximate surface area is 171 Å². The van der Waals surface area contributed by atoms with Crippen LogP contribution in [0.3, 0.4) is 0 Å². The predicted octanol–water partition coefficient (Wildman–Crippen LogP) is 1.42. The van der Waals surface area contributed by atoms with Crippen LogP contribution in [-0.2, 0) is 4.79 Å². The van der Waals surface area contributed by atoms with Gasteiger partial charge in [-0.05, 0) is 42.5 Å². The average Bonchev–Trinajstić information content (AvgIpc) is 3.20. The second-order valence-electron chi connectivity index (χ2n) is 7.09. The first-order valence-electron chi connectivity index (χ1n) is 9.74. The molecule has 1 aliphatic rings. The molecule has 2 amide bonds. The van der Waals surface area contributed by atoms with Gasteiger partial charge >= 0.3 is 0 Å². The number of rotatable bonds is 7. The molecule has 1 fully saturated rings. The first-order valence-corrected chi connectivity index (χ1v) is 9.74. The molecule has 2 atom stereocenters. The fraction of sp³-hybridized carbons (Fsp3) is 0.364. The zero-order valence-electron chi connectivity index (χ0n) is 17.1. The van der Waals surface area contributed by atoms with Crippen LogP contribution >= 0.6 is 0 Å². The number of nitrogens with one attached hydrogen (secondary N) is 3. The third kappa shape index (κ3) is 4.86. The van der Waals surface area contributed by atoms with E-state index in [1.165, 1.54) is 4.90 Å². The zero-order valence-corrected chi connectivity index (χ0v) is 17.1. The molecule has 3 rings (SSSR count). The van der Waals surface area contributed by atoms with Gasteiger partial charge < -0.3 is 25.0 Å². The van der Waals surface area contributed by atoms with Gasteiger partial charge in [-0.25, -0.2) is 0 Å². The summed E-state index contributed by atoms with van der Waals surface area (Å²) in [6.07, 6.45) is 2.04. The number of carbonyl (C=O) groups is 2. The molecule has 154 valence electrons. The van der Waals surface area contributed by atoms with Crippen LogP contribution in [0.25, 0.3) is 0 Å². The number of likely N-dealkylation sites (tertiary alicyclic amines) is 1. The lowest BCUT2D eigenvalue weighted by atomic mass is 10.0. The van der Waals surface area contributed by atoms with Crippen LogP contribution in [0, 0.1) is 0 Å². The Morgan fingerprint density at radius 3 is 2.52 bits per heavy atom. The summed E-state index contributed by atoms with van der Waals surface area (Å²) in [5.74, 6) is 1.40. The maximum absolute atomic E-state index is 12.6. The Bertz CT molecular complexity index is 867. The molecule has 0 saturated carbocycles. The number of hydrogen-bond donors (Lipinski definition) is 3. The zero-order chi connectivity index (χ0) is 20.8. The second-order valence-corrected chi connectivity index (χ2v) is 7.09. The number of ether oxygens (including phenoxy) is 2. The number of methoxy groups -OCH3 is 2. The van der Waals surface area contributed by atoms with Gasteiger partial charge in [-0.3, -0.25) is 9.59 Å². The summed E-state index contributed by atoms with van der Waals surface area (Å²) in [6.45, 7) is 1.29. The lowest BCUT2D eigenvalue weighted by Gasteiger charge is -2.23. The van der Waals surface area contributed by atoms with Crippen molar-refractivity contribution in [3.05, 3.63) is 53.6 Å². The first-order chi connectivity index (χ1) is 14.0. The van der Waals surface area contributed by atoms with E-state index in [-0.39, 0.29) is 17.9 Å². The Balaban J connectivity index is 1.68. The monoisotopic (exact) mass is 398 g/mol. The van der Waals surface area contributed by atoms with Crippen LogP contribution in [0.5, 0.6) is 11.5 Å². The molecule has 1 heterocycles. The minimum Gasteiger partial charge on any atom is -0.497 e. The van der Waals surface area contributed by atoms with Crippen molar-refractivity contribution in [1.29, 1.82) is 0 Å². The van der Waals surface area contributed by atoms with Crippen molar-refractivity contribution < 1.29 is 24.0 Å². The van der Waals surface area contributed by atoms with E-state index >= 15 is 0 Å². The van der Waals surface area contributed by atoms with Gasteiger partial charge in [0, 0.05) is 31.1 Å². The summed E-state index contributed by atoms with van der Waals surface area (Å²) in [7, 11) is 4.90. The quantitative estimate of drug-likeness (QED) is 0.659. The van der Waals surface area contributed by atoms with E-state index in [4.69, 9.17) is 9.47 Å². The highest BCUT2D eigenvalue weighted by Crippen LogP contribution is 2.31. The van der Waals surface area contributed by atoms with Crippen molar-refractivity contribution in [1.82, 2.24) is 5.32 Å². The molecule has 29 heavy (non-hydrogen) atoms. The van der Waals surface area contributed by atoms with Gasteiger partial charge in [0.25, 0.3) is 11.8 Å². The highest BCUT2D eigenvalue weighted by molar-refractivity contribution is 5.95. The van der Waals surface area contributed by atoms with Crippen molar-refractivity contribution >= 4 is 17.5 Å². The number of amides is 2. The van der Waals surface area contributed by atoms with E-state index in [0.29, 0.717) is 17.8 Å². The summed E-state index contributed by atoms with van der Waals surface area (Å²) in [4.78, 5) is 25.5. The van der Waals surface area contributed by atoms with Crippen molar-refractivity contribution in [2.45, 2.75) is 18.9 Å². The fourth-order valence-corrected chi connectivity index (χ4v) is 3.87. The molecule has 1 unspecified atom stereocenters. The molecule has 7 heteroatoms. The lowest BCUT2D eigenvalue weighted by Crippen LogP contribution is -3.11. The molecule has 0 spiro atoms. The van der Waals surface area contributed by atoms with E-state index in [9.17, 15) is 9.59 Å². The molecule has 7 nitrogen and oxygen atoms in total. The number of benzene rings is 2. The second kappa shape index (κ2) is 9.43. The Kier molecular flexibility index (Phi) is 6.72. The number of hydrogen-bond acceptors (Lipinski definition) is 4. The largest absolute Gasteiger partial charge is 0.497 e. The molecule has 1 saturated heterocycles. The molecular formula is C22H28N3O4+. The minimum atomic E-state index is -0.153. The molecule has 0 aromatic heterocycles.